The lowest BCUT2D eigenvalue weighted by atomic mass is 10.1. The summed E-state index contributed by atoms with van der Waals surface area (Å²) < 4.78 is 52.1. The van der Waals surface area contributed by atoms with E-state index in [1.54, 1.807) is 0 Å². The third kappa shape index (κ3) is 9.71. The molecule has 2 aromatic heterocycles. The first-order chi connectivity index (χ1) is 17.9. The molecular formula is C16H31N6O13P3S. The number of nitrogens with zero attached hydrogens (tertiary/aromatic N) is 4. The first-order valence-corrected chi connectivity index (χ1v) is 16.1. The van der Waals surface area contributed by atoms with E-state index in [2.05, 4.69) is 53.8 Å². The molecule has 1 aliphatic rings. The largest absolute Gasteiger partial charge is 0.490 e. The quantitative estimate of drug-likeness (QED) is 0.0933. The zero-order valence-electron chi connectivity index (χ0n) is 20.9. The maximum Gasteiger partial charge on any atom is 0.490 e. The Morgan fingerprint density at radius 3 is 2.18 bits per heavy atom. The van der Waals surface area contributed by atoms with Crippen LogP contribution in [-0.4, -0.2) is 98.8 Å². The van der Waals surface area contributed by atoms with E-state index < -0.39 is 54.6 Å². The average molecular weight is 643 g/mol. The number of ether oxygens (including phenoxy) is 1. The Kier molecular flexibility index (Phi) is 11.9. The number of aromatic nitrogens is 4. The fourth-order valence-corrected chi connectivity index (χ4v) is 6.66. The van der Waals surface area contributed by atoms with Crippen LogP contribution in [0.5, 0.6) is 0 Å². The lowest BCUT2D eigenvalue weighted by molar-refractivity contribution is -0.0503. The van der Waals surface area contributed by atoms with Gasteiger partial charge in [-0.25, -0.2) is 23.7 Å². The van der Waals surface area contributed by atoms with E-state index in [4.69, 9.17) is 37.4 Å². The molecule has 224 valence electrons. The predicted molar refractivity (Wildman–Crippen MR) is 136 cm³/mol. The molecule has 1 saturated heterocycles. The molecule has 0 bridgehead atoms. The lowest BCUT2D eigenvalue weighted by Gasteiger charge is -2.19. The molecule has 0 spiro atoms. The van der Waals surface area contributed by atoms with Crippen molar-refractivity contribution in [1.82, 2.24) is 24.4 Å². The molecule has 0 saturated carbocycles. The summed E-state index contributed by atoms with van der Waals surface area (Å²) in [6.45, 7) is 9.16. The number of rotatable bonds is 11. The summed E-state index contributed by atoms with van der Waals surface area (Å²) in [7, 11) is -16.7. The number of phosphoric ester groups is 1. The van der Waals surface area contributed by atoms with Gasteiger partial charge < -0.3 is 50.1 Å². The smallest absolute Gasteiger partial charge is 0.387 e. The summed E-state index contributed by atoms with van der Waals surface area (Å²) >= 11 is 5.03. The van der Waals surface area contributed by atoms with Crippen LogP contribution >= 0.6 is 35.7 Å². The minimum absolute atomic E-state index is 0.0484. The summed E-state index contributed by atoms with van der Waals surface area (Å²) in [5, 5.41) is 20.5. The van der Waals surface area contributed by atoms with Crippen LogP contribution in [0.4, 0.5) is 5.95 Å². The van der Waals surface area contributed by atoms with E-state index in [0.717, 1.165) is 0 Å². The van der Waals surface area contributed by atoms with E-state index in [0.29, 0.717) is 0 Å². The number of aliphatic hydroxyl groups excluding tert-OH is 2. The lowest BCUT2D eigenvalue weighted by Crippen LogP contribution is -2.33. The van der Waals surface area contributed by atoms with Gasteiger partial charge in [0.05, 0.1) is 12.9 Å². The molecule has 0 amide bonds. The average Bonchev–Trinajstić information content (AvgIpc) is 3.33. The van der Waals surface area contributed by atoms with Gasteiger partial charge in [0.15, 0.2) is 16.8 Å². The topological polar surface area (TPSA) is 285 Å². The molecule has 1 fully saturated rings. The van der Waals surface area contributed by atoms with Crippen LogP contribution in [0.2, 0.25) is 0 Å². The number of aromatic amines is 1. The van der Waals surface area contributed by atoms with Gasteiger partial charge in [-0.3, -0.25) is 9.09 Å². The molecule has 39 heavy (non-hydrogen) atoms. The maximum absolute atomic E-state index is 11.8. The van der Waals surface area contributed by atoms with Crippen molar-refractivity contribution in [2.75, 3.05) is 32.0 Å². The second-order valence-electron chi connectivity index (χ2n) is 7.83. The summed E-state index contributed by atoms with van der Waals surface area (Å²) in [6.07, 6.45) is -4.88. The fourth-order valence-electron chi connectivity index (χ4n) is 3.38. The van der Waals surface area contributed by atoms with E-state index >= 15 is 0 Å². The molecule has 3 rings (SSSR count). The number of fused-ring (bicyclic) bond motifs is 1. The van der Waals surface area contributed by atoms with Crippen molar-refractivity contribution in [3.05, 3.63) is 11.0 Å². The molecule has 23 heteroatoms. The monoisotopic (exact) mass is 643 g/mol. The van der Waals surface area contributed by atoms with E-state index in [-0.39, 0.29) is 21.8 Å². The number of hydrogen-bond acceptors (Lipinski definition) is 14. The van der Waals surface area contributed by atoms with Gasteiger partial charge >= 0.3 is 23.5 Å². The van der Waals surface area contributed by atoms with Crippen molar-refractivity contribution in [3.8, 4) is 0 Å². The van der Waals surface area contributed by atoms with Gasteiger partial charge in [-0.05, 0) is 19.6 Å². The summed E-state index contributed by atoms with van der Waals surface area (Å²) in [5.41, 5.74) is 5.99. The van der Waals surface area contributed by atoms with E-state index in [1.807, 2.05) is 0 Å². The number of nitrogens with two attached hydrogens (primary N) is 1. The van der Waals surface area contributed by atoms with Gasteiger partial charge in [0.25, 0.3) is 0 Å². The molecule has 19 nitrogen and oxygen atoms in total. The molecule has 6 atom stereocenters. The number of phosphoric acid groups is 3. The number of nitrogen functional groups attached to an aromatic ring is 1. The van der Waals surface area contributed by atoms with Gasteiger partial charge in [0.1, 0.15) is 29.5 Å². The molecule has 0 radical (unpaired) electrons. The number of hydrogen-bond donors (Lipinski definition) is 8. The zero-order chi connectivity index (χ0) is 29.8. The Labute approximate surface area is 227 Å². The Morgan fingerprint density at radius 2 is 1.67 bits per heavy atom. The van der Waals surface area contributed by atoms with Crippen LogP contribution < -0.4 is 5.73 Å². The van der Waals surface area contributed by atoms with Gasteiger partial charge in [-0.2, -0.15) is 8.62 Å². The highest BCUT2D eigenvalue weighted by Gasteiger charge is 2.46. The van der Waals surface area contributed by atoms with Gasteiger partial charge in [0, 0.05) is 0 Å². The highest BCUT2D eigenvalue weighted by Crippen LogP contribution is 2.66. The Morgan fingerprint density at radius 1 is 1.08 bits per heavy atom. The highest BCUT2D eigenvalue weighted by atomic mass is 32.1. The minimum Gasteiger partial charge on any atom is -0.387 e. The summed E-state index contributed by atoms with van der Waals surface area (Å²) in [5.74, 6) is -0.0681. The highest BCUT2D eigenvalue weighted by molar-refractivity contribution is 7.71. The van der Waals surface area contributed by atoms with Crippen molar-refractivity contribution in [2.45, 2.75) is 45.3 Å². The van der Waals surface area contributed by atoms with Crippen molar-refractivity contribution in [2.24, 2.45) is 0 Å². The number of H-pyrrole nitrogens is 1. The Bertz CT molecular complexity index is 1310. The van der Waals surface area contributed by atoms with Crippen LogP contribution in [0.25, 0.3) is 11.2 Å². The zero-order valence-corrected chi connectivity index (χ0v) is 24.4. The van der Waals surface area contributed by atoms with Crippen LogP contribution in [0.3, 0.4) is 0 Å². The number of aliphatic hydroxyl groups is 2. The first-order valence-electron chi connectivity index (χ1n) is 11.2. The number of imidazole rings is 1. The SMILES string of the molecule is CCN(CC)CC.[15NH2][13c]1[nH]c2c(ncn2[C@@H]2O[C@H](COP(=O)(O)OP(=O)(O)OP(=O)(O)O)[C@@H](O)[C@H]2O)c(=S)[15n]1. The van der Waals surface area contributed by atoms with Crippen molar-refractivity contribution >= 4 is 52.8 Å². The third-order valence-corrected chi connectivity index (χ3v) is 9.32. The third-order valence-electron chi connectivity index (χ3n) is 5.24. The van der Waals surface area contributed by atoms with E-state index in [9.17, 15) is 28.8 Å². The summed E-state index contributed by atoms with van der Waals surface area (Å²) in [4.78, 5) is 48.5. The second kappa shape index (κ2) is 13.7. The Balaban J connectivity index is 0.000000673. The van der Waals surface area contributed by atoms with Gasteiger partial charge in [-0.1, -0.05) is 33.0 Å². The Hall–Kier alpha value is -1.18. The maximum atomic E-state index is 11.8. The van der Waals surface area contributed by atoms with E-state index in [1.165, 1.54) is 30.5 Å². The second-order valence-corrected chi connectivity index (χ2v) is 12.6. The predicted octanol–water partition coefficient (Wildman–Crippen LogP) is 0.382. The molecule has 3 heterocycles. The summed E-state index contributed by atoms with van der Waals surface area (Å²) in [6, 6.07) is 0. The van der Waals surface area contributed by atoms with Gasteiger partial charge in [0.2, 0.25) is 0 Å². The van der Waals surface area contributed by atoms with Crippen LogP contribution in [0.15, 0.2) is 6.33 Å². The molecule has 1 aliphatic heterocycles. The molecule has 9 N–H and O–H groups in total. The van der Waals surface area contributed by atoms with Crippen LogP contribution in [0.1, 0.15) is 27.0 Å². The fraction of sp³-hybridized carbons (Fsp3) is 0.688. The molecular weight excluding hydrogens is 612 g/mol. The van der Waals surface area contributed by atoms with Crippen molar-refractivity contribution in [3.63, 3.8) is 0 Å². The normalized spacial score (nSPS) is 24.8. The first kappa shape index (κ1) is 34.0. The molecule has 2 aromatic rings. The number of nitrogens with one attached hydrogen (secondary N) is 1. The molecule has 2 unspecified atom stereocenters. The van der Waals surface area contributed by atoms with Gasteiger partial charge in [-0.15, -0.1) is 0 Å². The van der Waals surface area contributed by atoms with Crippen LogP contribution in [0, 0.1) is 4.64 Å². The van der Waals surface area contributed by atoms with Crippen LogP contribution in [-0.2, 0) is 31.6 Å². The minimum atomic E-state index is -5.71. The molecule has 0 aliphatic carbocycles. The van der Waals surface area contributed by atoms with Crippen molar-refractivity contribution in [1.29, 1.82) is 0 Å². The number of anilines is 1. The molecule has 0 aromatic carbocycles. The van der Waals surface area contributed by atoms with Crippen molar-refractivity contribution < 1.29 is 61.4 Å². The standard InChI is InChI=1S/C10H16N5O13P3S.C6H15N/c11-10-13-7-4(8(32)14-10)12-2-15(7)9-6(17)5(16)3(26-9)1-25-30(21,22)28-31(23,24)27-29(18,19)20;1-4-7(5-2)6-3/h2-3,5-6,9,16-17H,1H2,(H,21,22)(H,23,24)(H2,18,19,20)(H3,11,13,14,32);4-6H2,1-3H3/t3-,5-,6-,9-;/m1./s1/i10+1,11+1,14+1;.